The highest BCUT2D eigenvalue weighted by Crippen LogP contribution is 2.44. The van der Waals surface area contributed by atoms with Crippen molar-refractivity contribution in [1.82, 2.24) is 10.2 Å². The molecule has 0 saturated carbocycles. The number of rotatable bonds is 1. The number of aromatic amines is 1. The lowest BCUT2D eigenvalue weighted by molar-refractivity contribution is -0.0935. The van der Waals surface area contributed by atoms with Gasteiger partial charge in [0, 0.05) is 17.0 Å². The summed E-state index contributed by atoms with van der Waals surface area (Å²) < 4.78 is 54.3. The number of nitrogens with one attached hydrogen (secondary N) is 1. The molecule has 0 amide bonds. The number of hydrogen-bond acceptors (Lipinski definition) is 4. The first-order chi connectivity index (χ1) is 11.8. The van der Waals surface area contributed by atoms with Crippen LogP contribution in [0.4, 0.5) is 17.6 Å². The minimum absolute atomic E-state index is 0.120. The molecule has 1 aliphatic heterocycles. The Morgan fingerprint density at radius 3 is 2.56 bits per heavy atom. The Kier molecular flexibility index (Phi) is 3.80. The molecule has 0 aliphatic carbocycles. The third-order valence-corrected chi connectivity index (χ3v) is 4.06. The zero-order valence-corrected chi connectivity index (χ0v) is 12.7. The Morgan fingerprint density at radius 1 is 1.24 bits per heavy atom. The van der Waals surface area contributed by atoms with Crippen molar-refractivity contribution >= 4 is 16.6 Å². The van der Waals surface area contributed by atoms with E-state index >= 15 is 0 Å². The number of nitriles is 2. The van der Waals surface area contributed by atoms with Gasteiger partial charge in [-0.25, -0.2) is 4.39 Å². The molecule has 3 rings (SSSR count). The second-order valence-electron chi connectivity index (χ2n) is 5.54. The summed E-state index contributed by atoms with van der Waals surface area (Å²) in [6.07, 6.45) is -3.51. The monoisotopic (exact) mass is 347 g/mol. The summed E-state index contributed by atoms with van der Waals surface area (Å²) in [5.41, 5.74) is -2.10. The average Bonchev–Trinajstić information content (AvgIpc) is 2.99. The molecule has 9 heteroatoms. The summed E-state index contributed by atoms with van der Waals surface area (Å²) in [4.78, 5) is 3.40. The van der Waals surface area contributed by atoms with Gasteiger partial charge in [0.15, 0.2) is 5.70 Å². The second kappa shape index (κ2) is 5.71. The first-order valence-electron chi connectivity index (χ1n) is 7.06. The van der Waals surface area contributed by atoms with Crippen LogP contribution in [0.5, 0.6) is 0 Å². The fourth-order valence-corrected chi connectivity index (χ4v) is 2.92. The van der Waals surface area contributed by atoms with E-state index in [0.717, 1.165) is 6.07 Å². The van der Waals surface area contributed by atoms with Crippen molar-refractivity contribution in [2.75, 3.05) is 0 Å². The van der Waals surface area contributed by atoms with Crippen LogP contribution in [0.25, 0.3) is 10.9 Å². The van der Waals surface area contributed by atoms with Gasteiger partial charge in [-0.3, -0.25) is 10.1 Å². The van der Waals surface area contributed by atoms with Gasteiger partial charge < -0.3 is 0 Å². The standard InChI is InChI=1S/C16H9F4N5/c1-7-10(4-21)14(11(5-22)15(24-7)16(18,19)20)9-2-8-6-23-25-13(8)3-12(9)17/h2-3,6,10,14H,1H3,(H,23,25). The van der Waals surface area contributed by atoms with Crippen molar-refractivity contribution in [3.63, 3.8) is 0 Å². The number of fused-ring (bicyclic) bond motifs is 1. The summed E-state index contributed by atoms with van der Waals surface area (Å²) in [7, 11) is 0. The molecule has 1 N–H and O–H groups in total. The number of benzene rings is 1. The van der Waals surface area contributed by atoms with Crippen LogP contribution in [-0.2, 0) is 0 Å². The fourth-order valence-electron chi connectivity index (χ4n) is 2.92. The average molecular weight is 347 g/mol. The molecule has 2 unspecified atom stereocenters. The molecule has 0 spiro atoms. The topological polar surface area (TPSA) is 88.6 Å². The number of aromatic nitrogens is 2. The summed E-state index contributed by atoms with van der Waals surface area (Å²) in [6.45, 7) is 1.26. The van der Waals surface area contributed by atoms with Crippen LogP contribution < -0.4 is 0 Å². The van der Waals surface area contributed by atoms with Crippen molar-refractivity contribution in [1.29, 1.82) is 10.5 Å². The Labute approximate surface area is 138 Å². The van der Waals surface area contributed by atoms with Crippen LogP contribution in [0, 0.1) is 34.4 Å². The molecule has 25 heavy (non-hydrogen) atoms. The SMILES string of the molecule is CC1=NC(C(F)(F)F)=C(C#N)C(c2cc3cn[nH]c3cc2F)C1C#N. The molecular weight excluding hydrogens is 338 g/mol. The molecule has 1 aromatic carbocycles. The molecule has 2 atom stereocenters. The van der Waals surface area contributed by atoms with E-state index in [1.54, 1.807) is 0 Å². The van der Waals surface area contributed by atoms with Crippen LogP contribution in [0.3, 0.4) is 0 Å². The molecule has 0 fully saturated rings. The third kappa shape index (κ3) is 2.64. The Balaban J connectivity index is 2.31. The molecule has 0 saturated heterocycles. The van der Waals surface area contributed by atoms with E-state index in [4.69, 9.17) is 0 Å². The van der Waals surface area contributed by atoms with E-state index < -0.39 is 35.1 Å². The highest BCUT2D eigenvalue weighted by atomic mass is 19.4. The third-order valence-electron chi connectivity index (χ3n) is 4.06. The van der Waals surface area contributed by atoms with Crippen LogP contribution in [0.15, 0.2) is 34.6 Å². The van der Waals surface area contributed by atoms with Gasteiger partial charge in [-0.05, 0) is 24.6 Å². The van der Waals surface area contributed by atoms with E-state index in [-0.39, 0.29) is 11.3 Å². The molecule has 2 heterocycles. The molecular formula is C16H9F4N5. The van der Waals surface area contributed by atoms with Gasteiger partial charge >= 0.3 is 6.18 Å². The number of alkyl halides is 3. The summed E-state index contributed by atoms with van der Waals surface area (Å²) in [5, 5.41) is 25.4. The minimum atomic E-state index is -4.89. The smallest absolute Gasteiger partial charge is 0.278 e. The first kappa shape index (κ1) is 16.7. The van der Waals surface area contributed by atoms with Gasteiger partial charge in [0.25, 0.3) is 0 Å². The maximum atomic E-state index is 14.5. The Morgan fingerprint density at radius 2 is 1.96 bits per heavy atom. The van der Waals surface area contributed by atoms with Crippen molar-refractivity contribution in [2.45, 2.75) is 19.0 Å². The molecule has 126 valence electrons. The molecule has 5 nitrogen and oxygen atoms in total. The zero-order chi connectivity index (χ0) is 18.4. The summed E-state index contributed by atoms with van der Waals surface area (Å²) in [6, 6.07) is 5.69. The lowest BCUT2D eigenvalue weighted by atomic mass is 9.76. The quantitative estimate of drug-likeness (QED) is 0.797. The van der Waals surface area contributed by atoms with E-state index in [2.05, 4.69) is 15.2 Å². The molecule has 0 bridgehead atoms. The van der Waals surface area contributed by atoms with Crippen LogP contribution in [0.2, 0.25) is 0 Å². The lowest BCUT2D eigenvalue weighted by Gasteiger charge is -2.28. The van der Waals surface area contributed by atoms with E-state index in [1.165, 1.54) is 25.3 Å². The number of H-pyrrole nitrogens is 1. The first-order valence-corrected chi connectivity index (χ1v) is 7.06. The maximum Gasteiger partial charge on any atom is 0.434 e. The number of hydrogen-bond donors (Lipinski definition) is 1. The van der Waals surface area contributed by atoms with Gasteiger partial charge in [-0.1, -0.05) is 0 Å². The fraction of sp³-hybridized carbons (Fsp3) is 0.250. The minimum Gasteiger partial charge on any atom is -0.278 e. The number of nitrogens with zero attached hydrogens (tertiary/aromatic N) is 4. The van der Waals surface area contributed by atoms with E-state index in [1.807, 2.05) is 6.07 Å². The number of aliphatic imine (C=N–C) groups is 1. The van der Waals surface area contributed by atoms with Gasteiger partial charge in [0.05, 0.1) is 35.3 Å². The molecule has 1 aliphatic rings. The largest absolute Gasteiger partial charge is 0.434 e. The van der Waals surface area contributed by atoms with E-state index in [0.29, 0.717) is 10.9 Å². The summed E-state index contributed by atoms with van der Waals surface area (Å²) in [5.74, 6) is -3.41. The summed E-state index contributed by atoms with van der Waals surface area (Å²) >= 11 is 0. The van der Waals surface area contributed by atoms with Crippen molar-refractivity contribution in [3.05, 3.63) is 41.0 Å². The van der Waals surface area contributed by atoms with Crippen molar-refractivity contribution < 1.29 is 17.6 Å². The second-order valence-corrected chi connectivity index (χ2v) is 5.54. The van der Waals surface area contributed by atoms with Crippen LogP contribution in [-0.4, -0.2) is 22.1 Å². The van der Waals surface area contributed by atoms with Crippen molar-refractivity contribution in [3.8, 4) is 12.1 Å². The van der Waals surface area contributed by atoms with Gasteiger partial charge in [0.2, 0.25) is 0 Å². The molecule has 2 aromatic rings. The number of halogens is 4. The highest BCUT2D eigenvalue weighted by molar-refractivity contribution is 5.91. The van der Waals surface area contributed by atoms with Gasteiger partial charge in [-0.15, -0.1) is 0 Å². The normalized spacial score (nSPS) is 21.0. The predicted octanol–water partition coefficient (Wildman–Crippen LogP) is 3.74. The zero-order valence-electron chi connectivity index (χ0n) is 12.7. The maximum absolute atomic E-state index is 14.5. The Hall–Kier alpha value is -3.20. The highest BCUT2D eigenvalue weighted by Gasteiger charge is 2.45. The molecule has 0 radical (unpaired) electrons. The van der Waals surface area contributed by atoms with Crippen LogP contribution >= 0.6 is 0 Å². The predicted molar refractivity (Wildman–Crippen MR) is 79.7 cm³/mol. The van der Waals surface area contributed by atoms with E-state index in [9.17, 15) is 28.1 Å². The van der Waals surface area contributed by atoms with Crippen molar-refractivity contribution in [2.24, 2.45) is 10.9 Å². The van der Waals surface area contributed by atoms with Gasteiger partial charge in [-0.2, -0.15) is 28.8 Å². The number of allylic oxidation sites excluding steroid dienone is 2. The Bertz CT molecular complexity index is 1000. The lowest BCUT2D eigenvalue weighted by Crippen LogP contribution is -2.29. The van der Waals surface area contributed by atoms with Gasteiger partial charge in [0.1, 0.15) is 5.82 Å². The van der Waals surface area contributed by atoms with Crippen LogP contribution in [0.1, 0.15) is 18.4 Å². The molecule has 1 aromatic heterocycles.